The van der Waals surface area contributed by atoms with E-state index in [0.717, 1.165) is 5.56 Å². The van der Waals surface area contributed by atoms with Crippen LogP contribution in [0.5, 0.6) is 5.75 Å². The highest BCUT2D eigenvalue weighted by molar-refractivity contribution is 5.67. The number of ether oxygens (including phenoxy) is 2. The van der Waals surface area contributed by atoms with Crippen LogP contribution in [0.4, 0.5) is 4.79 Å². The molecule has 134 valence electrons. The molecular formula is C19H24N2O4. The molecule has 6 nitrogen and oxygen atoms in total. The van der Waals surface area contributed by atoms with Crippen LogP contribution < -0.4 is 15.5 Å². The Kier molecular flexibility index (Phi) is 5.85. The molecule has 0 fully saturated rings. The Labute approximate surface area is 147 Å². The van der Waals surface area contributed by atoms with Crippen LogP contribution in [0.2, 0.25) is 0 Å². The molecule has 1 aromatic heterocycles. The number of aryl methyl sites for hydroxylation is 1. The third-order valence-electron chi connectivity index (χ3n) is 3.35. The molecule has 1 N–H and O–H groups in total. The molecule has 2 aromatic rings. The summed E-state index contributed by atoms with van der Waals surface area (Å²) < 4.78 is 12.5. The molecule has 1 heterocycles. The van der Waals surface area contributed by atoms with Crippen molar-refractivity contribution >= 4 is 6.09 Å². The van der Waals surface area contributed by atoms with Gasteiger partial charge in [-0.2, -0.15) is 0 Å². The van der Waals surface area contributed by atoms with Crippen LogP contribution >= 0.6 is 0 Å². The summed E-state index contributed by atoms with van der Waals surface area (Å²) in [5.41, 5.74) is 0.851. The quantitative estimate of drug-likeness (QED) is 0.905. The summed E-state index contributed by atoms with van der Waals surface area (Å²) in [6, 6.07) is 11.1. The number of pyridine rings is 1. The van der Waals surface area contributed by atoms with E-state index in [9.17, 15) is 9.59 Å². The fraction of sp³-hybridized carbons (Fsp3) is 0.368. The van der Waals surface area contributed by atoms with Crippen LogP contribution in [0, 0.1) is 0 Å². The minimum atomic E-state index is -0.564. The smallest absolute Gasteiger partial charge is 0.407 e. The number of hydrogen-bond acceptors (Lipinski definition) is 4. The lowest BCUT2D eigenvalue weighted by atomic mass is 10.2. The van der Waals surface area contributed by atoms with Crippen molar-refractivity contribution in [3.05, 3.63) is 64.1 Å². The predicted molar refractivity (Wildman–Crippen MR) is 95.5 cm³/mol. The van der Waals surface area contributed by atoms with Gasteiger partial charge in [-0.3, -0.25) is 4.79 Å². The minimum absolute atomic E-state index is 0.194. The first-order chi connectivity index (χ1) is 11.7. The lowest BCUT2D eigenvalue weighted by Gasteiger charge is -2.20. The van der Waals surface area contributed by atoms with Gasteiger partial charge in [0.2, 0.25) is 5.43 Å². The van der Waals surface area contributed by atoms with Crippen molar-refractivity contribution in [1.82, 2.24) is 9.88 Å². The Balaban J connectivity index is 1.99. The molecule has 0 bridgehead atoms. The topological polar surface area (TPSA) is 69.6 Å². The molecule has 0 radical (unpaired) electrons. The molecule has 0 aliphatic heterocycles. The number of hydrogen-bond donors (Lipinski definition) is 1. The van der Waals surface area contributed by atoms with Crippen molar-refractivity contribution in [1.29, 1.82) is 0 Å². The zero-order chi connectivity index (χ0) is 18.4. The summed E-state index contributed by atoms with van der Waals surface area (Å²) in [4.78, 5) is 23.9. The Hall–Kier alpha value is -2.76. The van der Waals surface area contributed by atoms with Crippen LogP contribution in [0.3, 0.4) is 0 Å². The van der Waals surface area contributed by atoms with Crippen molar-refractivity contribution in [2.24, 2.45) is 7.05 Å². The molecule has 2 rings (SSSR count). The van der Waals surface area contributed by atoms with Crippen molar-refractivity contribution in [3.63, 3.8) is 0 Å². The Morgan fingerprint density at radius 1 is 1.20 bits per heavy atom. The highest BCUT2D eigenvalue weighted by Crippen LogP contribution is 2.10. The molecular weight excluding hydrogens is 320 g/mol. The molecule has 1 amide bonds. The Bertz CT molecular complexity index is 776. The molecule has 0 spiro atoms. The van der Waals surface area contributed by atoms with Gasteiger partial charge in [0.15, 0.2) is 5.75 Å². The number of alkyl carbamates (subject to hydrolysis) is 1. The largest absolute Gasteiger partial charge is 0.483 e. The summed E-state index contributed by atoms with van der Waals surface area (Å²) in [6.45, 7) is 5.90. The third-order valence-corrected chi connectivity index (χ3v) is 3.35. The molecule has 1 aromatic carbocycles. The highest BCUT2D eigenvalue weighted by Gasteiger charge is 2.16. The van der Waals surface area contributed by atoms with E-state index in [1.165, 1.54) is 6.07 Å². The number of aromatic nitrogens is 1. The zero-order valence-electron chi connectivity index (χ0n) is 15.0. The molecule has 0 aliphatic carbocycles. The maximum Gasteiger partial charge on any atom is 0.407 e. The van der Waals surface area contributed by atoms with Crippen LogP contribution in [-0.4, -0.2) is 16.3 Å². The van der Waals surface area contributed by atoms with Crippen molar-refractivity contribution in [3.8, 4) is 5.75 Å². The number of benzene rings is 1. The minimum Gasteiger partial charge on any atom is -0.483 e. The first kappa shape index (κ1) is 18.6. The fourth-order valence-corrected chi connectivity index (χ4v) is 2.14. The number of rotatable bonds is 5. The average Bonchev–Trinajstić information content (AvgIpc) is 2.53. The van der Waals surface area contributed by atoms with Crippen LogP contribution in [-0.2, 0) is 24.9 Å². The third kappa shape index (κ3) is 5.99. The molecule has 6 heteroatoms. The number of carbonyl (C=O) groups excluding carboxylic acids is 1. The normalized spacial score (nSPS) is 11.0. The summed E-state index contributed by atoms with van der Waals surface area (Å²) in [6.07, 6.45) is 1.10. The Morgan fingerprint density at radius 3 is 2.52 bits per heavy atom. The Morgan fingerprint density at radius 2 is 1.88 bits per heavy atom. The van der Waals surface area contributed by atoms with E-state index in [1.54, 1.807) is 38.6 Å². The second-order valence-corrected chi connectivity index (χ2v) is 6.73. The monoisotopic (exact) mass is 344 g/mol. The maximum absolute atomic E-state index is 12.2. The van der Waals surface area contributed by atoms with E-state index in [0.29, 0.717) is 12.3 Å². The SMILES string of the molecule is Cn1cc(OCc2ccccc2)c(=O)cc1CNC(=O)OC(C)(C)C. The van der Waals surface area contributed by atoms with E-state index < -0.39 is 11.7 Å². The van der Waals surface area contributed by atoms with Gasteiger partial charge in [0.1, 0.15) is 12.2 Å². The van der Waals surface area contributed by atoms with E-state index in [1.807, 2.05) is 30.3 Å². The van der Waals surface area contributed by atoms with Crippen LogP contribution in [0.15, 0.2) is 47.4 Å². The van der Waals surface area contributed by atoms with E-state index in [-0.39, 0.29) is 17.7 Å². The van der Waals surface area contributed by atoms with Gasteiger partial charge in [-0.25, -0.2) is 4.79 Å². The van der Waals surface area contributed by atoms with Crippen molar-refractivity contribution in [2.45, 2.75) is 39.5 Å². The van der Waals surface area contributed by atoms with Gasteiger partial charge in [0.25, 0.3) is 0 Å². The molecule has 0 unspecified atom stereocenters. The molecule has 25 heavy (non-hydrogen) atoms. The average molecular weight is 344 g/mol. The lowest BCUT2D eigenvalue weighted by Crippen LogP contribution is -2.33. The highest BCUT2D eigenvalue weighted by atomic mass is 16.6. The zero-order valence-corrected chi connectivity index (χ0v) is 15.0. The summed E-state index contributed by atoms with van der Waals surface area (Å²) in [7, 11) is 1.79. The molecule has 0 saturated carbocycles. The standard InChI is InChI=1S/C19H24N2O4/c1-19(2,3)25-18(23)20-11-15-10-16(22)17(12-21(15)4)24-13-14-8-6-5-7-9-14/h5-10,12H,11,13H2,1-4H3,(H,20,23). The van der Waals surface area contributed by atoms with Gasteiger partial charge in [0.05, 0.1) is 12.7 Å². The van der Waals surface area contributed by atoms with Gasteiger partial charge in [-0.05, 0) is 26.3 Å². The van der Waals surface area contributed by atoms with E-state index in [2.05, 4.69) is 5.32 Å². The number of carbonyl (C=O) groups is 1. The van der Waals surface area contributed by atoms with Crippen molar-refractivity contribution < 1.29 is 14.3 Å². The predicted octanol–water partition coefficient (Wildman–Crippen LogP) is 2.99. The van der Waals surface area contributed by atoms with E-state index in [4.69, 9.17) is 9.47 Å². The summed E-state index contributed by atoms with van der Waals surface area (Å²) in [5, 5.41) is 2.64. The van der Waals surface area contributed by atoms with Gasteiger partial charge in [-0.15, -0.1) is 0 Å². The van der Waals surface area contributed by atoms with E-state index >= 15 is 0 Å². The summed E-state index contributed by atoms with van der Waals surface area (Å²) >= 11 is 0. The molecule has 0 atom stereocenters. The maximum atomic E-state index is 12.2. The van der Waals surface area contributed by atoms with Crippen molar-refractivity contribution in [2.75, 3.05) is 0 Å². The second-order valence-electron chi connectivity index (χ2n) is 6.73. The van der Waals surface area contributed by atoms with Gasteiger partial charge >= 0.3 is 6.09 Å². The second kappa shape index (κ2) is 7.88. The van der Waals surface area contributed by atoms with Gasteiger partial charge < -0.3 is 19.4 Å². The first-order valence-electron chi connectivity index (χ1n) is 8.08. The summed E-state index contributed by atoms with van der Waals surface area (Å²) in [5.74, 6) is 0.271. The molecule has 0 saturated heterocycles. The first-order valence-corrected chi connectivity index (χ1v) is 8.08. The van der Waals surface area contributed by atoms with Crippen LogP contribution in [0.1, 0.15) is 32.0 Å². The van der Waals surface area contributed by atoms with Crippen LogP contribution in [0.25, 0.3) is 0 Å². The fourth-order valence-electron chi connectivity index (χ4n) is 2.14. The number of nitrogens with one attached hydrogen (secondary N) is 1. The molecule has 0 aliphatic rings. The number of amides is 1. The van der Waals surface area contributed by atoms with Gasteiger partial charge in [0, 0.05) is 18.8 Å². The van der Waals surface area contributed by atoms with Gasteiger partial charge in [-0.1, -0.05) is 30.3 Å². The lowest BCUT2D eigenvalue weighted by molar-refractivity contribution is 0.0522. The number of nitrogens with zero attached hydrogens (tertiary/aromatic N) is 1.